The molecule has 168 valence electrons. The van der Waals surface area contributed by atoms with E-state index < -0.39 is 36.6 Å². The van der Waals surface area contributed by atoms with Crippen LogP contribution in [0.1, 0.15) is 6.42 Å². The van der Waals surface area contributed by atoms with Crippen LogP contribution >= 0.6 is 0 Å². The summed E-state index contributed by atoms with van der Waals surface area (Å²) >= 11 is 0. The van der Waals surface area contributed by atoms with Crippen LogP contribution in [0.2, 0.25) is 0 Å². The summed E-state index contributed by atoms with van der Waals surface area (Å²) in [6.45, 7) is 0.417. The van der Waals surface area contributed by atoms with Crippen molar-refractivity contribution >= 4 is 20.0 Å². The smallest absolute Gasteiger partial charge is 0.246 e. The summed E-state index contributed by atoms with van der Waals surface area (Å²) in [5, 5.41) is 0. The summed E-state index contributed by atoms with van der Waals surface area (Å²) in [5.74, 6) is -1.16. The zero-order chi connectivity index (χ0) is 22.2. The van der Waals surface area contributed by atoms with Crippen molar-refractivity contribution < 1.29 is 35.1 Å². The molecule has 2 aliphatic heterocycles. The monoisotopic (exact) mass is 474 g/mol. The Hall–Kier alpha value is -2.28. The van der Waals surface area contributed by atoms with E-state index in [1.807, 2.05) is 0 Å². The van der Waals surface area contributed by atoms with Crippen LogP contribution in [0.4, 0.5) is 8.78 Å². The van der Waals surface area contributed by atoms with Gasteiger partial charge in [0.05, 0.1) is 4.90 Å². The van der Waals surface area contributed by atoms with Crippen LogP contribution in [0.3, 0.4) is 0 Å². The SMILES string of the molecule is O=S(=O)(c1ccc2c(c1)OCCO2)N1CCCN(S(=O)(=O)c2cc(F)ccc2F)CC1. The van der Waals surface area contributed by atoms with Gasteiger partial charge in [-0.05, 0) is 36.8 Å². The van der Waals surface area contributed by atoms with E-state index in [1.54, 1.807) is 0 Å². The molecule has 0 bridgehead atoms. The molecule has 0 amide bonds. The number of halogens is 2. The minimum atomic E-state index is -4.32. The van der Waals surface area contributed by atoms with Crippen LogP contribution in [-0.4, -0.2) is 64.8 Å². The Morgan fingerprint density at radius 2 is 1.39 bits per heavy atom. The van der Waals surface area contributed by atoms with Crippen LogP contribution in [0.25, 0.3) is 0 Å². The van der Waals surface area contributed by atoms with Crippen LogP contribution in [0.5, 0.6) is 11.5 Å². The van der Waals surface area contributed by atoms with Crippen molar-refractivity contribution in [3.8, 4) is 11.5 Å². The molecular weight excluding hydrogens is 454 g/mol. The lowest BCUT2D eigenvalue weighted by Gasteiger charge is -2.23. The van der Waals surface area contributed by atoms with Gasteiger partial charge in [0.1, 0.15) is 29.7 Å². The molecule has 8 nitrogen and oxygen atoms in total. The number of benzene rings is 2. The molecule has 0 atom stereocenters. The highest BCUT2D eigenvalue weighted by Gasteiger charge is 2.33. The lowest BCUT2D eigenvalue weighted by molar-refractivity contribution is 0.171. The highest BCUT2D eigenvalue weighted by atomic mass is 32.2. The van der Waals surface area contributed by atoms with Gasteiger partial charge in [-0.15, -0.1) is 0 Å². The summed E-state index contributed by atoms with van der Waals surface area (Å²) in [6.07, 6.45) is 0.194. The lowest BCUT2D eigenvalue weighted by Crippen LogP contribution is -2.37. The zero-order valence-electron chi connectivity index (χ0n) is 16.3. The average Bonchev–Trinajstić information content (AvgIpc) is 3.02. The first-order chi connectivity index (χ1) is 14.7. The third-order valence-corrected chi connectivity index (χ3v) is 8.88. The number of nitrogens with zero attached hydrogens (tertiary/aromatic N) is 2. The van der Waals surface area contributed by atoms with Crippen molar-refractivity contribution in [3.05, 3.63) is 48.0 Å². The van der Waals surface area contributed by atoms with E-state index in [4.69, 9.17) is 9.47 Å². The van der Waals surface area contributed by atoms with Crippen LogP contribution in [-0.2, 0) is 20.0 Å². The van der Waals surface area contributed by atoms with E-state index in [1.165, 1.54) is 22.5 Å². The van der Waals surface area contributed by atoms with Gasteiger partial charge in [-0.3, -0.25) is 0 Å². The predicted molar refractivity (Wildman–Crippen MR) is 106 cm³/mol. The minimum Gasteiger partial charge on any atom is -0.486 e. The van der Waals surface area contributed by atoms with E-state index in [9.17, 15) is 25.6 Å². The molecule has 0 aromatic heterocycles. The average molecular weight is 475 g/mol. The Balaban J connectivity index is 1.55. The molecule has 12 heteroatoms. The normalized spacial score (nSPS) is 18.5. The number of fused-ring (bicyclic) bond motifs is 1. The summed E-state index contributed by atoms with van der Waals surface area (Å²) in [5.41, 5.74) is 0. The fraction of sp³-hybridized carbons (Fsp3) is 0.368. The summed E-state index contributed by atoms with van der Waals surface area (Å²) in [7, 11) is -8.25. The van der Waals surface area contributed by atoms with Gasteiger partial charge in [-0.1, -0.05) is 0 Å². The van der Waals surface area contributed by atoms with E-state index >= 15 is 0 Å². The first-order valence-corrected chi connectivity index (χ1v) is 12.4. The molecule has 31 heavy (non-hydrogen) atoms. The highest BCUT2D eigenvalue weighted by Crippen LogP contribution is 2.33. The standard InChI is InChI=1S/C19H20F2N2O6S2/c20-14-2-4-16(21)19(12-14)31(26,27)23-7-1-6-22(8-9-23)30(24,25)15-3-5-17-18(13-15)29-11-10-28-17/h2-5,12-13H,1,6-11H2. The fourth-order valence-electron chi connectivity index (χ4n) is 3.50. The molecule has 2 aliphatic rings. The van der Waals surface area contributed by atoms with Crippen molar-refractivity contribution in [1.29, 1.82) is 0 Å². The maximum atomic E-state index is 14.0. The molecule has 2 heterocycles. The van der Waals surface area contributed by atoms with E-state index in [2.05, 4.69) is 0 Å². The van der Waals surface area contributed by atoms with Crippen molar-refractivity contribution in [2.75, 3.05) is 39.4 Å². The molecular formula is C19H20F2N2O6S2. The summed E-state index contributed by atoms with van der Waals surface area (Å²) in [4.78, 5) is -0.764. The number of sulfonamides is 2. The first kappa shape index (κ1) is 21.9. The topological polar surface area (TPSA) is 93.2 Å². The van der Waals surface area contributed by atoms with Gasteiger partial charge in [0, 0.05) is 32.2 Å². The van der Waals surface area contributed by atoms with Crippen molar-refractivity contribution in [2.24, 2.45) is 0 Å². The Labute approximate surface area is 179 Å². The quantitative estimate of drug-likeness (QED) is 0.671. The van der Waals surface area contributed by atoms with Crippen molar-refractivity contribution in [3.63, 3.8) is 0 Å². The van der Waals surface area contributed by atoms with Gasteiger partial charge in [0.15, 0.2) is 11.5 Å². The third kappa shape index (κ3) is 4.25. The number of hydrogen-bond donors (Lipinski definition) is 0. The van der Waals surface area contributed by atoms with Crippen LogP contribution < -0.4 is 9.47 Å². The van der Waals surface area contributed by atoms with E-state index in [-0.39, 0.29) is 37.5 Å². The van der Waals surface area contributed by atoms with Gasteiger partial charge in [-0.25, -0.2) is 25.6 Å². The second kappa shape index (κ2) is 8.34. The highest BCUT2D eigenvalue weighted by molar-refractivity contribution is 7.89. The Kier molecular flexibility index (Phi) is 5.90. The van der Waals surface area contributed by atoms with Gasteiger partial charge >= 0.3 is 0 Å². The second-order valence-corrected chi connectivity index (χ2v) is 10.9. The summed E-state index contributed by atoms with van der Waals surface area (Å²) < 4.78 is 92.4. The molecule has 0 aliphatic carbocycles. The molecule has 2 aromatic carbocycles. The molecule has 1 fully saturated rings. The van der Waals surface area contributed by atoms with Crippen LogP contribution in [0.15, 0.2) is 46.2 Å². The minimum absolute atomic E-state index is 0.00392. The predicted octanol–water partition coefficient (Wildman–Crippen LogP) is 1.82. The molecule has 0 radical (unpaired) electrons. The Morgan fingerprint density at radius 1 is 0.742 bits per heavy atom. The molecule has 0 spiro atoms. The van der Waals surface area contributed by atoms with Gasteiger partial charge < -0.3 is 9.47 Å². The number of ether oxygens (including phenoxy) is 2. The number of rotatable bonds is 4. The summed E-state index contributed by atoms with van der Waals surface area (Å²) in [6, 6.07) is 6.51. The Morgan fingerprint density at radius 3 is 2.10 bits per heavy atom. The zero-order valence-corrected chi connectivity index (χ0v) is 18.0. The second-order valence-electron chi connectivity index (χ2n) is 7.04. The maximum absolute atomic E-state index is 14.0. The van der Waals surface area contributed by atoms with E-state index in [0.717, 1.165) is 16.4 Å². The molecule has 1 saturated heterocycles. The van der Waals surface area contributed by atoms with Crippen molar-refractivity contribution in [1.82, 2.24) is 8.61 Å². The van der Waals surface area contributed by atoms with Gasteiger partial charge in [0.25, 0.3) is 0 Å². The van der Waals surface area contributed by atoms with Gasteiger partial charge in [-0.2, -0.15) is 8.61 Å². The third-order valence-electron chi connectivity index (χ3n) is 5.08. The molecule has 0 unspecified atom stereocenters. The first-order valence-electron chi connectivity index (χ1n) is 9.54. The molecule has 4 rings (SSSR count). The van der Waals surface area contributed by atoms with Gasteiger partial charge in [0.2, 0.25) is 20.0 Å². The van der Waals surface area contributed by atoms with Crippen LogP contribution in [0, 0.1) is 11.6 Å². The van der Waals surface area contributed by atoms with Crippen molar-refractivity contribution in [2.45, 2.75) is 16.2 Å². The molecule has 0 N–H and O–H groups in total. The fourth-order valence-corrected chi connectivity index (χ4v) is 6.53. The maximum Gasteiger partial charge on any atom is 0.246 e. The Bertz CT molecular complexity index is 1200. The lowest BCUT2D eigenvalue weighted by atomic mass is 10.3. The van der Waals surface area contributed by atoms with E-state index in [0.29, 0.717) is 30.8 Å². The molecule has 2 aromatic rings. The number of hydrogen-bond acceptors (Lipinski definition) is 6. The largest absolute Gasteiger partial charge is 0.486 e. The molecule has 0 saturated carbocycles.